The van der Waals surface area contributed by atoms with Crippen LogP contribution < -0.4 is 5.30 Å². The Morgan fingerprint density at radius 2 is 1.95 bits per heavy atom. The molecule has 1 N–H and O–H groups in total. The standard InChI is InChI=1S/C14H14NO4PS/c1-2-19-20(18,21)14-9-8-12(15(16)17)10-13(14)11-6-4-3-5-7-11/h3-10H,2H2,1H3,(H,18,21). The molecule has 0 heterocycles. The van der Waals surface area contributed by atoms with E-state index in [1.807, 2.05) is 30.3 Å². The van der Waals surface area contributed by atoms with Crippen molar-refractivity contribution in [2.45, 2.75) is 6.92 Å². The van der Waals surface area contributed by atoms with Crippen LogP contribution in [0.1, 0.15) is 6.92 Å². The van der Waals surface area contributed by atoms with Gasteiger partial charge >= 0.3 is 0 Å². The first-order chi connectivity index (χ1) is 9.95. The first-order valence-electron chi connectivity index (χ1n) is 6.27. The fourth-order valence-electron chi connectivity index (χ4n) is 1.98. The molecule has 0 saturated carbocycles. The van der Waals surface area contributed by atoms with Crippen LogP contribution in [0.25, 0.3) is 11.1 Å². The second-order valence-electron chi connectivity index (χ2n) is 4.26. The van der Waals surface area contributed by atoms with E-state index in [1.54, 1.807) is 6.92 Å². The van der Waals surface area contributed by atoms with Gasteiger partial charge in [0.1, 0.15) is 0 Å². The molecule has 7 heteroatoms. The molecule has 0 aliphatic carbocycles. The second-order valence-corrected chi connectivity index (χ2v) is 7.53. The van der Waals surface area contributed by atoms with E-state index < -0.39 is 11.4 Å². The van der Waals surface area contributed by atoms with E-state index in [4.69, 9.17) is 16.3 Å². The number of benzene rings is 2. The first-order valence-corrected chi connectivity index (χ1v) is 8.94. The van der Waals surface area contributed by atoms with Crippen molar-refractivity contribution in [2.75, 3.05) is 6.61 Å². The van der Waals surface area contributed by atoms with Gasteiger partial charge in [-0.3, -0.25) is 10.1 Å². The largest absolute Gasteiger partial charge is 0.342 e. The zero-order valence-electron chi connectivity index (χ0n) is 11.3. The summed E-state index contributed by atoms with van der Waals surface area (Å²) < 4.78 is 5.29. The quantitative estimate of drug-likeness (QED) is 0.519. The third-order valence-electron chi connectivity index (χ3n) is 2.88. The molecule has 21 heavy (non-hydrogen) atoms. The van der Waals surface area contributed by atoms with Gasteiger partial charge in [-0.2, -0.15) is 0 Å². The van der Waals surface area contributed by atoms with Gasteiger partial charge in [-0.05, 0) is 30.4 Å². The van der Waals surface area contributed by atoms with Crippen molar-refractivity contribution in [3.05, 3.63) is 58.6 Å². The summed E-state index contributed by atoms with van der Waals surface area (Å²) in [5.74, 6) is 0. The van der Waals surface area contributed by atoms with Gasteiger partial charge in [0.25, 0.3) is 5.69 Å². The van der Waals surface area contributed by atoms with E-state index in [1.165, 1.54) is 18.2 Å². The fourth-order valence-corrected chi connectivity index (χ4v) is 4.02. The topological polar surface area (TPSA) is 72.6 Å². The Bertz CT molecular complexity index is 705. The summed E-state index contributed by atoms with van der Waals surface area (Å²) in [6.45, 7) is -1.17. The number of nitrogens with zero attached hydrogens (tertiary/aromatic N) is 1. The summed E-state index contributed by atoms with van der Waals surface area (Å²) >= 11 is 5.18. The van der Waals surface area contributed by atoms with Gasteiger partial charge in [0.15, 0.2) is 0 Å². The Hall–Kier alpha value is -1.59. The third kappa shape index (κ3) is 3.54. The van der Waals surface area contributed by atoms with Crippen molar-refractivity contribution >= 4 is 29.3 Å². The molecule has 0 saturated heterocycles. The Morgan fingerprint density at radius 1 is 1.29 bits per heavy atom. The molecule has 2 rings (SSSR count). The SMILES string of the molecule is CCOP(O)(=S)c1ccc([N+](=O)[O-])cc1-c1ccccc1. The molecule has 0 spiro atoms. The summed E-state index contributed by atoms with van der Waals surface area (Å²) in [5.41, 5.74) is 1.23. The summed E-state index contributed by atoms with van der Waals surface area (Å²) in [6.07, 6.45) is 0. The molecule has 0 bridgehead atoms. The number of nitro benzene ring substituents is 1. The van der Waals surface area contributed by atoms with Crippen LogP contribution >= 0.6 is 6.49 Å². The smallest absolute Gasteiger partial charge is 0.270 e. The molecule has 2 aromatic rings. The zero-order valence-corrected chi connectivity index (χ0v) is 13.0. The number of non-ortho nitro benzene ring substituents is 1. The average Bonchev–Trinajstić information content (AvgIpc) is 2.47. The average molecular weight is 323 g/mol. The maximum atomic E-state index is 11.0. The lowest BCUT2D eigenvalue weighted by molar-refractivity contribution is -0.384. The van der Waals surface area contributed by atoms with E-state index in [9.17, 15) is 15.0 Å². The Labute approximate surface area is 127 Å². The number of hydrogen-bond acceptors (Lipinski definition) is 4. The van der Waals surface area contributed by atoms with Crippen LogP contribution in [0, 0.1) is 10.1 Å². The molecular formula is C14H14NO4PS. The lowest BCUT2D eigenvalue weighted by atomic mass is 10.1. The molecule has 0 aliphatic rings. The number of nitro groups is 1. The van der Waals surface area contributed by atoms with Crippen LogP contribution in [-0.2, 0) is 16.3 Å². The van der Waals surface area contributed by atoms with Crippen LogP contribution in [0.4, 0.5) is 5.69 Å². The predicted molar refractivity (Wildman–Crippen MR) is 86.3 cm³/mol. The van der Waals surface area contributed by atoms with Gasteiger partial charge < -0.3 is 9.42 Å². The van der Waals surface area contributed by atoms with Gasteiger partial charge in [-0.25, -0.2) is 0 Å². The predicted octanol–water partition coefficient (Wildman–Crippen LogP) is 3.23. The Balaban J connectivity index is 2.66. The lowest BCUT2D eigenvalue weighted by Gasteiger charge is -2.18. The number of hydrogen-bond donors (Lipinski definition) is 1. The van der Waals surface area contributed by atoms with Crippen LogP contribution in [0.3, 0.4) is 0 Å². The zero-order chi connectivity index (χ0) is 15.5. The van der Waals surface area contributed by atoms with Crippen molar-refractivity contribution in [2.24, 2.45) is 0 Å². The van der Waals surface area contributed by atoms with Gasteiger partial charge in [0.05, 0.1) is 11.5 Å². The second kappa shape index (κ2) is 6.45. The molecular weight excluding hydrogens is 309 g/mol. The summed E-state index contributed by atoms with van der Waals surface area (Å²) in [7, 11) is 0. The normalized spacial score (nSPS) is 13.6. The minimum atomic E-state index is -3.19. The van der Waals surface area contributed by atoms with E-state index in [2.05, 4.69) is 0 Å². The molecule has 110 valence electrons. The van der Waals surface area contributed by atoms with E-state index in [0.29, 0.717) is 10.9 Å². The molecule has 0 aliphatic heterocycles. The highest BCUT2D eigenvalue weighted by Gasteiger charge is 2.23. The molecule has 0 fully saturated rings. The lowest BCUT2D eigenvalue weighted by Crippen LogP contribution is -2.11. The highest BCUT2D eigenvalue weighted by molar-refractivity contribution is 8.13. The highest BCUT2D eigenvalue weighted by atomic mass is 32.5. The van der Waals surface area contributed by atoms with Crippen molar-refractivity contribution in [1.29, 1.82) is 0 Å². The van der Waals surface area contributed by atoms with Gasteiger partial charge in [-0.15, -0.1) is 0 Å². The molecule has 2 aromatic carbocycles. The third-order valence-corrected chi connectivity index (χ3v) is 5.40. The van der Waals surface area contributed by atoms with Crippen LogP contribution in [0.15, 0.2) is 48.5 Å². The van der Waals surface area contributed by atoms with Crippen molar-refractivity contribution in [3.63, 3.8) is 0 Å². The van der Waals surface area contributed by atoms with Gasteiger partial charge in [-0.1, -0.05) is 30.3 Å². The van der Waals surface area contributed by atoms with E-state index >= 15 is 0 Å². The van der Waals surface area contributed by atoms with Crippen molar-refractivity contribution in [3.8, 4) is 11.1 Å². The molecule has 0 amide bonds. The molecule has 0 radical (unpaired) electrons. The summed E-state index contributed by atoms with van der Waals surface area (Å²) in [6, 6.07) is 13.3. The molecule has 0 aromatic heterocycles. The first kappa shape index (κ1) is 15.8. The van der Waals surface area contributed by atoms with E-state index in [-0.39, 0.29) is 12.3 Å². The minimum absolute atomic E-state index is 0.0518. The molecule has 1 atom stereocenters. The van der Waals surface area contributed by atoms with Crippen LogP contribution in [0.5, 0.6) is 0 Å². The van der Waals surface area contributed by atoms with E-state index in [0.717, 1.165) is 5.56 Å². The molecule has 5 nitrogen and oxygen atoms in total. The maximum Gasteiger partial charge on any atom is 0.270 e. The summed E-state index contributed by atoms with van der Waals surface area (Å²) in [4.78, 5) is 20.9. The molecule has 1 unspecified atom stereocenters. The van der Waals surface area contributed by atoms with Crippen molar-refractivity contribution in [1.82, 2.24) is 0 Å². The fraction of sp³-hybridized carbons (Fsp3) is 0.143. The monoisotopic (exact) mass is 323 g/mol. The van der Waals surface area contributed by atoms with Gasteiger partial charge in [0, 0.05) is 23.0 Å². The number of rotatable bonds is 5. The van der Waals surface area contributed by atoms with Gasteiger partial charge in [0.2, 0.25) is 6.49 Å². The summed E-state index contributed by atoms with van der Waals surface area (Å²) in [5, 5.41) is 11.4. The Kier molecular flexibility index (Phi) is 4.85. The van der Waals surface area contributed by atoms with Crippen molar-refractivity contribution < 1.29 is 14.3 Å². The van der Waals surface area contributed by atoms with Crippen LogP contribution in [-0.4, -0.2) is 16.4 Å². The highest BCUT2D eigenvalue weighted by Crippen LogP contribution is 2.44. The Morgan fingerprint density at radius 3 is 2.52 bits per heavy atom. The maximum absolute atomic E-state index is 11.0. The van der Waals surface area contributed by atoms with Crippen LogP contribution in [0.2, 0.25) is 0 Å². The minimum Gasteiger partial charge on any atom is -0.342 e.